The van der Waals surface area contributed by atoms with Gasteiger partial charge in [-0.2, -0.15) is 5.26 Å². The number of hydrogen-bond acceptors (Lipinski definition) is 7. The van der Waals surface area contributed by atoms with Crippen molar-refractivity contribution in [2.75, 3.05) is 42.2 Å². The van der Waals surface area contributed by atoms with Gasteiger partial charge in [-0.05, 0) is 18.4 Å². The molecular weight excluding hydrogens is 344 g/mol. The summed E-state index contributed by atoms with van der Waals surface area (Å²) in [6, 6.07) is 7.97. The molecule has 0 bridgehead atoms. The van der Waals surface area contributed by atoms with Crippen molar-refractivity contribution in [2.24, 2.45) is 0 Å². The SMILES string of the molecule is CSc1nc(N2CCN(c3ccc(C#N)cn3)CC2)cc(C(C)(C)C)n1. The van der Waals surface area contributed by atoms with Gasteiger partial charge in [0.25, 0.3) is 0 Å². The second kappa shape index (κ2) is 7.50. The van der Waals surface area contributed by atoms with Gasteiger partial charge in [0.1, 0.15) is 17.7 Å². The van der Waals surface area contributed by atoms with Crippen LogP contribution in [0.2, 0.25) is 0 Å². The molecule has 0 unspecified atom stereocenters. The summed E-state index contributed by atoms with van der Waals surface area (Å²) < 4.78 is 0. The van der Waals surface area contributed by atoms with Gasteiger partial charge in [-0.15, -0.1) is 0 Å². The fraction of sp³-hybridized carbons (Fsp3) is 0.474. The Labute approximate surface area is 159 Å². The van der Waals surface area contributed by atoms with Crippen molar-refractivity contribution < 1.29 is 0 Å². The van der Waals surface area contributed by atoms with E-state index in [-0.39, 0.29) is 5.41 Å². The highest BCUT2D eigenvalue weighted by atomic mass is 32.2. The Morgan fingerprint density at radius 1 is 1.04 bits per heavy atom. The molecule has 0 amide bonds. The maximum absolute atomic E-state index is 8.90. The normalized spacial score (nSPS) is 15.0. The molecule has 1 fully saturated rings. The van der Waals surface area contributed by atoms with E-state index in [0.717, 1.165) is 48.7 Å². The van der Waals surface area contributed by atoms with Gasteiger partial charge in [-0.25, -0.2) is 15.0 Å². The molecule has 0 aliphatic carbocycles. The summed E-state index contributed by atoms with van der Waals surface area (Å²) in [4.78, 5) is 18.4. The van der Waals surface area contributed by atoms with E-state index in [9.17, 15) is 0 Å². The first-order valence-electron chi connectivity index (χ1n) is 8.70. The van der Waals surface area contributed by atoms with Crippen LogP contribution in [0.1, 0.15) is 32.0 Å². The maximum atomic E-state index is 8.90. The van der Waals surface area contributed by atoms with E-state index >= 15 is 0 Å². The molecule has 0 radical (unpaired) electrons. The molecule has 26 heavy (non-hydrogen) atoms. The van der Waals surface area contributed by atoms with Crippen LogP contribution in [-0.4, -0.2) is 47.4 Å². The van der Waals surface area contributed by atoms with Gasteiger partial charge in [0.2, 0.25) is 0 Å². The highest BCUT2D eigenvalue weighted by Crippen LogP contribution is 2.27. The van der Waals surface area contributed by atoms with Crippen molar-refractivity contribution in [3.05, 3.63) is 35.7 Å². The molecule has 0 aromatic carbocycles. The second-order valence-electron chi connectivity index (χ2n) is 7.34. The number of thioether (sulfide) groups is 1. The molecule has 0 spiro atoms. The third-order valence-corrected chi connectivity index (χ3v) is 5.00. The molecule has 0 N–H and O–H groups in total. The number of anilines is 2. The zero-order valence-corrected chi connectivity index (χ0v) is 16.5. The van der Waals surface area contributed by atoms with Crippen molar-refractivity contribution in [1.29, 1.82) is 5.26 Å². The van der Waals surface area contributed by atoms with E-state index in [2.05, 4.69) is 52.7 Å². The predicted octanol–water partition coefficient (Wildman–Crippen LogP) is 3.09. The van der Waals surface area contributed by atoms with Gasteiger partial charge < -0.3 is 9.80 Å². The third-order valence-electron chi connectivity index (χ3n) is 4.45. The van der Waals surface area contributed by atoms with E-state index < -0.39 is 0 Å². The maximum Gasteiger partial charge on any atom is 0.189 e. The number of piperazine rings is 1. The Morgan fingerprint density at radius 2 is 1.69 bits per heavy atom. The second-order valence-corrected chi connectivity index (χ2v) is 8.11. The fourth-order valence-electron chi connectivity index (χ4n) is 2.85. The van der Waals surface area contributed by atoms with Crippen molar-refractivity contribution >= 4 is 23.4 Å². The molecule has 2 aromatic heterocycles. The van der Waals surface area contributed by atoms with Crippen LogP contribution in [0.15, 0.2) is 29.6 Å². The summed E-state index contributed by atoms with van der Waals surface area (Å²) in [6.07, 6.45) is 3.65. The van der Waals surface area contributed by atoms with Gasteiger partial charge in [0, 0.05) is 43.9 Å². The highest BCUT2D eigenvalue weighted by molar-refractivity contribution is 7.98. The lowest BCUT2D eigenvalue weighted by atomic mass is 9.92. The van der Waals surface area contributed by atoms with Crippen molar-refractivity contribution in [2.45, 2.75) is 31.3 Å². The Bertz CT molecular complexity index is 798. The topological polar surface area (TPSA) is 68.9 Å². The summed E-state index contributed by atoms with van der Waals surface area (Å²) in [7, 11) is 0. The van der Waals surface area contributed by atoms with Crippen LogP contribution >= 0.6 is 11.8 Å². The first kappa shape index (κ1) is 18.5. The van der Waals surface area contributed by atoms with Crippen LogP contribution in [-0.2, 0) is 5.41 Å². The number of pyridine rings is 1. The minimum atomic E-state index is -0.00357. The quantitative estimate of drug-likeness (QED) is 0.609. The molecule has 7 heteroatoms. The minimum Gasteiger partial charge on any atom is -0.353 e. The Morgan fingerprint density at radius 3 is 2.19 bits per heavy atom. The Kier molecular flexibility index (Phi) is 5.33. The van der Waals surface area contributed by atoms with Gasteiger partial charge in [-0.3, -0.25) is 0 Å². The van der Waals surface area contributed by atoms with Crippen molar-refractivity contribution in [3.63, 3.8) is 0 Å². The first-order valence-corrected chi connectivity index (χ1v) is 9.93. The standard InChI is InChI=1S/C19H24N6S/c1-19(2,3)15-11-17(23-18(22-15)26-4)25-9-7-24(8-10-25)16-6-5-14(12-20)13-21-16/h5-6,11,13H,7-10H2,1-4H3. The van der Waals surface area contributed by atoms with Crippen LogP contribution in [0.25, 0.3) is 0 Å². The number of aromatic nitrogens is 3. The van der Waals surface area contributed by atoms with E-state index in [1.165, 1.54) is 0 Å². The minimum absolute atomic E-state index is 0.00357. The van der Waals surface area contributed by atoms with E-state index in [1.807, 2.05) is 18.4 Å². The average molecular weight is 369 g/mol. The fourth-order valence-corrected chi connectivity index (χ4v) is 3.23. The predicted molar refractivity (Wildman–Crippen MR) is 106 cm³/mol. The molecule has 0 atom stereocenters. The summed E-state index contributed by atoms with van der Waals surface area (Å²) in [5, 5.41) is 9.72. The number of rotatable bonds is 3. The highest BCUT2D eigenvalue weighted by Gasteiger charge is 2.23. The summed E-state index contributed by atoms with van der Waals surface area (Å²) in [5.74, 6) is 1.92. The summed E-state index contributed by atoms with van der Waals surface area (Å²) in [5.41, 5.74) is 1.66. The molecule has 2 aromatic rings. The van der Waals surface area contributed by atoms with Gasteiger partial charge in [0.05, 0.1) is 11.3 Å². The molecule has 0 saturated carbocycles. The summed E-state index contributed by atoms with van der Waals surface area (Å²) in [6.45, 7) is 10.1. The molecule has 3 rings (SSSR count). The third kappa shape index (κ3) is 4.07. The summed E-state index contributed by atoms with van der Waals surface area (Å²) >= 11 is 1.58. The Hall–Kier alpha value is -2.33. The lowest BCUT2D eigenvalue weighted by Crippen LogP contribution is -2.47. The first-order chi connectivity index (χ1) is 12.4. The van der Waals surface area contributed by atoms with Crippen molar-refractivity contribution in [3.8, 4) is 6.07 Å². The van der Waals surface area contributed by atoms with E-state index in [4.69, 9.17) is 10.2 Å². The van der Waals surface area contributed by atoms with Crippen molar-refractivity contribution in [1.82, 2.24) is 15.0 Å². The number of hydrogen-bond donors (Lipinski definition) is 0. The van der Waals surface area contributed by atoms with Gasteiger partial charge >= 0.3 is 0 Å². The van der Waals surface area contributed by atoms with Crippen LogP contribution in [0, 0.1) is 11.3 Å². The van der Waals surface area contributed by atoms with E-state index in [1.54, 1.807) is 18.0 Å². The number of nitrogens with zero attached hydrogens (tertiary/aromatic N) is 6. The lowest BCUT2D eigenvalue weighted by molar-refractivity contribution is 0.555. The zero-order chi connectivity index (χ0) is 18.7. The molecule has 1 aliphatic heterocycles. The molecule has 1 saturated heterocycles. The smallest absolute Gasteiger partial charge is 0.189 e. The van der Waals surface area contributed by atoms with Crippen LogP contribution in [0.3, 0.4) is 0 Å². The molecular formula is C19H24N6S. The van der Waals surface area contributed by atoms with Crippen LogP contribution in [0.5, 0.6) is 0 Å². The molecule has 136 valence electrons. The van der Waals surface area contributed by atoms with Crippen LogP contribution in [0.4, 0.5) is 11.6 Å². The monoisotopic (exact) mass is 368 g/mol. The Balaban J connectivity index is 1.74. The van der Waals surface area contributed by atoms with E-state index in [0.29, 0.717) is 5.56 Å². The zero-order valence-electron chi connectivity index (χ0n) is 15.7. The van der Waals surface area contributed by atoms with Gasteiger partial charge in [0.15, 0.2) is 5.16 Å². The largest absolute Gasteiger partial charge is 0.353 e. The lowest BCUT2D eigenvalue weighted by Gasteiger charge is -2.36. The molecule has 1 aliphatic rings. The molecule has 3 heterocycles. The van der Waals surface area contributed by atoms with Crippen LogP contribution < -0.4 is 9.80 Å². The van der Waals surface area contributed by atoms with Gasteiger partial charge in [-0.1, -0.05) is 32.5 Å². The average Bonchev–Trinajstić information content (AvgIpc) is 2.67. The molecule has 6 nitrogen and oxygen atoms in total. The number of nitriles is 1.